The number of carbonyl (C=O) groups excluding carboxylic acids is 4. The third-order valence-corrected chi connectivity index (χ3v) is 11.7. The Morgan fingerprint density at radius 2 is 1.75 bits per heavy atom. The Balaban J connectivity index is 1.37. The zero-order chi connectivity index (χ0) is 25.6. The van der Waals surface area contributed by atoms with Gasteiger partial charge in [0.05, 0.1) is 11.3 Å². The quantitative estimate of drug-likeness (QED) is 0.289. The van der Waals surface area contributed by atoms with Gasteiger partial charge in [-0.3, -0.25) is 14.4 Å². The van der Waals surface area contributed by atoms with Crippen LogP contribution in [0.3, 0.4) is 0 Å². The van der Waals surface area contributed by atoms with Crippen LogP contribution in [-0.2, 0) is 28.7 Å². The van der Waals surface area contributed by atoms with E-state index in [0.29, 0.717) is 37.7 Å². The Morgan fingerprint density at radius 3 is 2.50 bits per heavy atom. The van der Waals surface area contributed by atoms with Gasteiger partial charge in [0.2, 0.25) is 0 Å². The summed E-state index contributed by atoms with van der Waals surface area (Å²) in [5.74, 6) is -1.42. The number of rotatable bonds is 0. The molecule has 0 radical (unpaired) electrons. The number of hydrogen-bond donors (Lipinski definition) is 0. The second-order valence-electron chi connectivity index (χ2n) is 13.0. The first-order chi connectivity index (χ1) is 16.9. The fourth-order valence-electron chi connectivity index (χ4n) is 9.62. The molecule has 8 rings (SSSR count). The molecule has 188 valence electrons. The molecule has 9 atom stereocenters. The van der Waals surface area contributed by atoms with Crippen LogP contribution in [0.1, 0.15) is 59.8 Å². The summed E-state index contributed by atoms with van der Waals surface area (Å²) in [5.41, 5.74) is 0.909. The maximum atomic E-state index is 14.4. The third-order valence-electron chi connectivity index (χ3n) is 11.7. The molecule has 6 aliphatic carbocycles. The van der Waals surface area contributed by atoms with E-state index in [1.807, 2.05) is 26.0 Å². The fraction of sp³-hybridized carbons (Fsp3) is 0.600. The largest absolute Gasteiger partial charge is 0.462 e. The number of carbonyl (C=O) groups is 4. The lowest BCUT2D eigenvalue weighted by Crippen LogP contribution is -2.68. The molecule has 0 N–H and O–H groups in total. The number of ketones is 2. The molecule has 2 spiro atoms. The minimum atomic E-state index is -0.947. The van der Waals surface area contributed by atoms with Crippen molar-refractivity contribution in [2.75, 3.05) is 0 Å². The van der Waals surface area contributed by atoms with Gasteiger partial charge < -0.3 is 9.47 Å². The Morgan fingerprint density at radius 1 is 1.00 bits per heavy atom. The number of esters is 2. The molecule has 6 nitrogen and oxygen atoms in total. The number of hydrogen-bond acceptors (Lipinski definition) is 6. The maximum Gasteiger partial charge on any atom is 0.334 e. The molecule has 2 aliphatic heterocycles. The average molecular weight is 489 g/mol. The van der Waals surface area contributed by atoms with Crippen molar-refractivity contribution in [3.8, 4) is 0 Å². The highest BCUT2D eigenvalue weighted by atomic mass is 16.6. The van der Waals surface area contributed by atoms with E-state index in [-0.39, 0.29) is 53.0 Å². The molecule has 9 unspecified atom stereocenters. The molecule has 5 fully saturated rings. The topological polar surface area (TPSA) is 86.7 Å². The van der Waals surface area contributed by atoms with Crippen LogP contribution in [0.5, 0.6) is 0 Å². The average Bonchev–Trinajstić information content (AvgIpc) is 3.23. The molecule has 2 heterocycles. The van der Waals surface area contributed by atoms with Crippen molar-refractivity contribution < 1.29 is 28.7 Å². The first-order valence-corrected chi connectivity index (χ1v) is 13.2. The van der Waals surface area contributed by atoms with Crippen molar-refractivity contribution in [1.82, 2.24) is 0 Å². The monoisotopic (exact) mass is 488 g/mol. The van der Waals surface area contributed by atoms with Crippen LogP contribution in [0.2, 0.25) is 0 Å². The molecular weight excluding hydrogens is 456 g/mol. The zero-order valence-electron chi connectivity index (χ0n) is 21.3. The van der Waals surface area contributed by atoms with Crippen LogP contribution >= 0.6 is 0 Å². The lowest BCUT2D eigenvalue weighted by Gasteiger charge is -2.66. The van der Waals surface area contributed by atoms with Gasteiger partial charge in [-0.25, -0.2) is 4.79 Å². The van der Waals surface area contributed by atoms with Gasteiger partial charge in [-0.1, -0.05) is 43.7 Å². The molecule has 36 heavy (non-hydrogen) atoms. The highest BCUT2D eigenvalue weighted by Gasteiger charge is 2.77. The van der Waals surface area contributed by atoms with Crippen LogP contribution in [0.4, 0.5) is 0 Å². The smallest absolute Gasteiger partial charge is 0.334 e. The Hall–Kier alpha value is -2.76. The summed E-state index contributed by atoms with van der Waals surface area (Å²) in [5, 5.41) is 0. The number of Topliss-reactive ketones (excluding diaryl/α,β-unsaturated/α-hetero) is 1. The predicted octanol–water partition coefficient (Wildman–Crippen LogP) is 4.20. The van der Waals surface area contributed by atoms with Gasteiger partial charge in [0.15, 0.2) is 5.78 Å². The van der Waals surface area contributed by atoms with Gasteiger partial charge in [-0.2, -0.15) is 0 Å². The van der Waals surface area contributed by atoms with Crippen molar-refractivity contribution >= 4 is 23.5 Å². The molecule has 2 bridgehead atoms. The standard InChI is InChI=1S/C30H32O6/c1-14-8-20-24(32)28(5)12-22-17(15(2)25(33)35-22)10-29(14,28)13-30(20)19-9-18-16(3)21(31)6-7-27(18,4)11-23(19)36-26(30)34/h6-8,17,19-20,22-23H,2,9-13H2,1,3-5H3. The van der Waals surface area contributed by atoms with Crippen LogP contribution in [-0.4, -0.2) is 35.7 Å². The summed E-state index contributed by atoms with van der Waals surface area (Å²) in [4.78, 5) is 53.3. The molecular formula is C30H32O6. The normalized spacial score (nSPS) is 50.5. The summed E-state index contributed by atoms with van der Waals surface area (Å²) < 4.78 is 11.8. The summed E-state index contributed by atoms with van der Waals surface area (Å²) >= 11 is 0. The van der Waals surface area contributed by atoms with Crippen molar-refractivity contribution in [1.29, 1.82) is 0 Å². The number of ether oxygens (including phenoxy) is 2. The molecule has 0 aromatic heterocycles. The Bertz CT molecular complexity index is 1310. The third kappa shape index (κ3) is 2.23. The Kier molecular flexibility index (Phi) is 3.98. The van der Waals surface area contributed by atoms with Crippen LogP contribution in [0, 0.1) is 39.4 Å². The number of fused-ring (bicyclic) bond motifs is 3. The first kappa shape index (κ1) is 22.4. The van der Waals surface area contributed by atoms with E-state index in [1.54, 1.807) is 6.08 Å². The minimum absolute atomic E-state index is 0.0195. The molecule has 6 heteroatoms. The van der Waals surface area contributed by atoms with E-state index in [0.717, 1.165) is 16.7 Å². The van der Waals surface area contributed by atoms with E-state index < -0.39 is 22.2 Å². The van der Waals surface area contributed by atoms with E-state index in [9.17, 15) is 19.2 Å². The second-order valence-corrected chi connectivity index (χ2v) is 13.0. The predicted molar refractivity (Wildman–Crippen MR) is 129 cm³/mol. The van der Waals surface area contributed by atoms with Crippen molar-refractivity contribution in [2.24, 2.45) is 39.4 Å². The van der Waals surface area contributed by atoms with Gasteiger partial charge in [0.1, 0.15) is 18.0 Å². The molecule has 2 saturated heterocycles. The van der Waals surface area contributed by atoms with Gasteiger partial charge in [0.25, 0.3) is 0 Å². The van der Waals surface area contributed by atoms with E-state index in [1.165, 1.54) is 0 Å². The zero-order valence-corrected chi connectivity index (χ0v) is 21.3. The van der Waals surface area contributed by atoms with Crippen LogP contribution < -0.4 is 0 Å². The van der Waals surface area contributed by atoms with Gasteiger partial charge in [-0.15, -0.1) is 0 Å². The molecule has 0 aromatic carbocycles. The van der Waals surface area contributed by atoms with Crippen molar-refractivity contribution in [3.05, 3.63) is 47.1 Å². The first-order valence-electron chi connectivity index (χ1n) is 13.2. The summed E-state index contributed by atoms with van der Waals surface area (Å²) in [6, 6.07) is 0. The maximum absolute atomic E-state index is 14.4. The van der Waals surface area contributed by atoms with E-state index >= 15 is 0 Å². The van der Waals surface area contributed by atoms with E-state index in [2.05, 4.69) is 20.4 Å². The summed E-state index contributed by atoms with van der Waals surface area (Å²) in [6.45, 7) is 12.1. The molecule has 0 aromatic rings. The minimum Gasteiger partial charge on any atom is -0.462 e. The summed E-state index contributed by atoms with van der Waals surface area (Å²) in [6.07, 6.45) is 7.81. The number of allylic oxidation sites excluding steroid dienone is 6. The highest BCUT2D eigenvalue weighted by Crippen LogP contribution is 2.75. The van der Waals surface area contributed by atoms with Gasteiger partial charge >= 0.3 is 11.9 Å². The SMILES string of the molecule is C=C1C(=O)OC2CC3(C)C(=O)C4C=C(C)C3(CC12)CC41C(=O)OC2CC3(C)C=CC(=O)C(C)=C3CC21. The molecule has 3 saturated carbocycles. The van der Waals surface area contributed by atoms with Crippen LogP contribution in [0.25, 0.3) is 0 Å². The Labute approximate surface area is 210 Å². The van der Waals surface area contributed by atoms with Crippen molar-refractivity contribution in [2.45, 2.75) is 72.0 Å². The highest BCUT2D eigenvalue weighted by molar-refractivity contribution is 6.05. The lowest BCUT2D eigenvalue weighted by molar-refractivity contribution is -0.185. The lowest BCUT2D eigenvalue weighted by atomic mass is 9.34. The molecule has 8 aliphatic rings. The van der Waals surface area contributed by atoms with Crippen LogP contribution in [0.15, 0.2) is 47.1 Å². The van der Waals surface area contributed by atoms with Gasteiger partial charge in [-0.05, 0) is 57.6 Å². The molecule has 0 amide bonds. The van der Waals surface area contributed by atoms with E-state index in [4.69, 9.17) is 9.47 Å². The van der Waals surface area contributed by atoms with Crippen molar-refractivity contribution in [3.63, 3.8) is 0 Å². The second kappa shape index (κ2) is 6.38. The summed E-state index contributed by atoms with van der Waals surface area (Å²) in [7, 11) is 0. The van der Waals surface area contributed by atoms with Gasteiger partial charge in [0, 0.05) is 33.7 Å². The fourth-order valence-corrected chi connectivity index (χ4v) is 9.62.